The highest BCUT2D eigenvalue weighted by molar-refractivity contribution is 6.51. The first-order chi connectivity index (χ1) is 6.93. The van der Waals surface area contributed by atoms with E-state index in [4.69, 9.17) is 4.43 Å². The van der Waals surface area contributed by atoms with Crippen molar-refractivity contribution in [3.05, 3.63) is 0 Å². The minimum Gasteiger partial charge on any atom is -0.417 e. The lowest BCUT2D eigenvalue weighted by Gasteiger charge is -2.19. The van der Waals surface area contributed by atoms with Crippen LogP contribution in [-0.4, -0.2) is 15.6 Å². The van der Waals surface area contributed by atoms with Crippen molar-refractivity contribution in [2.75, 3.05) is 6.61 Å². The van der Waals surface area contributed by atoms with Crippen LogP contribution in [0.15, 0.2) is 0 Å². The zero-order valence-electron chi connectivity index (χ0n) is 9.69. The highest BCUT2D eigenvalue weighted by Gasteiger charge is 2.15. The minimum absolute atomic E-state index is 0.341. The first-order valence-corrected chi connectivity index (χ1v) is 8.23. The van der Waals surface area contributed by atoms with Crippen molar-refractivity contribution in [2.45, 2.75) is 70.4 Å². The molecule has 2 heteroatoms. The lowest BCUT2D eigenvalue weighted by Crippen LogP contribution is -2.22. The molecule has 0 aromatic heterocycles. The summed E-state index contributed by atoms with van der Waals surface area (Å²) in [6, 6.07) is 2.83. The molecule has 1 heterocycles. The van der Waals surface area contributed by atoms with Gasteiger partial charge < -0.3 is 4.43 Å². The minimum atomic E-state index is -0.341. The number of unbranched alkanes of at least 4 members (excludes halogenated alkanes) is 5. The van der Waals surface area contributed by atoms with Gasteiger partial charge in [0.1, 0.15) is 0 Å². The van der Waals surface area contributed by atoms with Crippen LogP contribution in [0.4, 0.5) is 0 Å². The molecule has 0 saturated carbocycles. The van der Waals surface area contributed by atoms with Crippen LogP contribution < -0.4 is 0 Å². The predicted octanol–water partition coefficient (Wildman–Crippen LogP) is 4.15. The summed E-state index contributed by atoms with van der Waals surface area (Å²) in [6.07, 6.45) is 11.3. The third kappa shape index (κ3) is 5.81. The van der Waals surface area contributed by atoms with E-state index in [9.17, 15) is 0 Å². The predicted molar refractivity (Wildman–Crippen MR) is 63.9 cm³/mol. The van der Waals surface area contributed by atoms with Gasteiger partial charge >= 0.3 is 0 Å². The van der Waals surface area contributed by atoms with E-state index in [-0.39, 0.29) is 9.04 Å². The molecule has 0 N–H and O–H groups in total. The maximum Gasteiger partial charge on any atom is 0.211 e. The third-order valence-corrected chi connectivity index (χ3v) is 5.40. The maximum atomic E-state index is 5.81. The largest absolute Gasteiger partial charge is 0.417 e. The Morgan fingerprint density at radius 3 is 2.50 bits per heavy atom. The van der Waals surface area contributed by atoms with Gasteiger partial charge in [-0.25, -0.2) is 0 Å². The summed E-state index contributed by atoms with van der Waals surface area (Å²) >= 11 is 0. The smallest absolute Gasteiger partial charge is 0.211 e. The summed E-state index contributed by atoms with van der Waals surface area (Å²) in [5.41, 5.74) is 0. The summed E-state index contributed by atoms with van der Waals surface area (Å²) in [5, 5.41) is 0. The SMILES string of the molecule is CCCCCCCC[Si]1CCCCO1. The molecule has 14 heavy (non-hydrogen) atoms. The Balaban J connectivity index is 1.82. The van der Waals surface area contributed by atoms with Crippen LogP contribution in [-0.2, 0) is 4.43 Å². The summed E-state index contributed by atoms with van der Waals surface area (Å²) in [5.74, 6) is 0. The molecule has 0 aliphatic carbocycles. The van der Waals surface area contributed by atoms with E-state index in [1.807, 2.05) is 0 Å². The standard InChI is InChI=1S/C12H25OSi/c1-2-3-4-5-6-8-11-14-12-9-7-10-13-14/h2-12H2,1H3. The molecule has 1 saturated heterocycles. The first kappa shape index (κ1) is 12.2. The van der Waals surface area contributed by atoms with E-state index >= 15 is 0 Å². The van der Waals surface area contributed by atoms with Crippen LogP contribution in [0.25, 0.3) is 0 Å². The Morgan fingerprint density at radius 2 is 1.79 bits per heavy atom. The Kier molecular flexibility index (Phi) is 7.42. The van der Waals surface area contributed by atoms with Crippen LogP contribution >= 0.6 is 0 Å². The number of rotatable bonds is 7. The van der Waals surface area contributed by atoms with Crippen LogP contribution in [0.5, 0.6) is 0 Å². The van der Waals surface area contributed by atoms with Crippen LogP contribution in [0.3, 0.4) is 0 Å². The second-order valence-corrected chi connectivity index (χ2v) is 6.73. The first-order valence-electron chi connectivity index (χ1n) is 6.41. The molecule has 0 amide bonds. The Labute approximate surface area is 91.0 Å². The molecule has 0 aromatic carbocycles. The molecule has 0 atom stereocenters. The van der Waals surface area contributed by atoms with Gasteiger partial charge in [0.05, 0.1) is 0 Å². The van der Waals surface area contributed by atoms with E-state index in [1.54, 1.807) is 0 Å². The van der Waals surface area contributed by atoms with Gasteiger partial charge in [0, 0.05) is 6.61 Å². The fraction of sp³-hybridized carbons (Fsp3) is 1.00. The normalized spacial score (nSPS) is 18.6. The monoisotopic (exact) mass is 213 g/mol. The van der Waals surface area contributed by atoms with E-state index in [2.05, 4.69) is 6.92 Å². The molecule has 0 unspecified atom stereocenters. The summed E-state index contributed by atoms with van der Waals surface area (Å²) < 4.78 is 5.81. The Morgan fingerprint density at radius 1 is 1.00 bits per heavy atom. The van der Waals surface area contributed by atoms with Crippen molar-refractivity contribution in [2.24, 2.45) is 0 Å². The molecule has 1 rings (SSSR count). The van der Waals surface area contributed by atoms with Gasteiger partial charge in [0.25, 0.3) is 0 Å². The maximum absolute atomic E-state index is 5.81. The molecule has 1 nitrogen and oxygen atoms in total. The molecule has 1 radical (unpaired) electrons. The van der Waals surface area contributed by atoms with Crippen molar-refractivity contribution in [1.29, 1.82) is 0 Å². The third-order valence-electron chi connectivity index (χ3n) is 2.97. The summed E-state index contributed by atoms with van der Waals surface area (Å²) in [4.78, 5) is 0. The molecule has 0 spiro atoms. The molecule has 0 aromatic rings. The highest BCUT2D eigenvalue weighted by Crippen LogP contribution is 2.17. The second kappa shape index (κ2) is 8.48. The molecule has 1 fully saturated rings. The van der Waals surface area contributed by atoms with E-state index in [0.29, 0.717) is 0 Å². The average Bonchev–Trinajstić information content (AvgIpc) is 2.25. The average molecular weight is 213 g/mol. The Hall–Kier alpha value is 0.177. The van der Waals surface area contributed by atoms with Crippen molar-refractivity contribution in [3.63, 3.8) is 0 Å². The van der Waals surface area contributed by atoms with Gasteiger partial charge in [-0.05, 0) is 18.5 Å². The topological polar surface area (TPSA) is 9.23 Å². The molecule has 1 aliphatic heterocycles. The summed E-state index contributed by atoms with van der Waals surface area (Å²) in [6.45, 7) is 3.34. The second-order valence-electron chi connectivity index (χ2n) is 4.36. The highest BCUT2D eigenvalue weighted by atomic mass is 28.3. The van der Waals surface area contributed by atoms with Crippen LogP contribution in [0, 0.1) is 0 Å². The van der Waals surface area contributed by atoms with Crippen molar-refractivity contribution < 1.29 is 4.43 Å². The van der Waals surface area contributed by atoms with Gasteiger partial charge in [-0.3, -0.25) is 0 Å². The van der Waals surface area contributed by atoms with Crippen molar-refractivity contribution in [1.82, 2.24) is 0 Å². The van der Waals surface area contributed by atoms with Gasteiger partial charge in [0.2, 0.25) is 9.04 Å². The fourth-order valence-electron chi connectivity index (χ4n) is 2.01. The van der Waals surface area contributed by atoms with Crippen molar-refractivity contribution >= 4 is 9.04 Å². The van der Waals surface area contributed by atoms with Gasteiger partial charge in [-0.2, -0.15) is 0 Å². The van der Waals surface area contributed by atoms with Gasteiger partial charge in [-0.15, -0.1) is 0 Å². The van der Waals surface area contributed by atoms with E-state index < -0.39 is 0 Å². The van der Waals surface area contributed by atoms with Crippen molar-refractivity contribution in [3.8, 4) is 0 Å². The lowest BCUT2D eigenvalue weighted by atomic mass is 10.1. The fourth-order valence-corrected chi connectivity index (χ4v) is 4.27. The zero-order valence-corrected chi connectivity index (χ0v) is 10.7. The van der Waals surface area contributed by atoms with E-state index in [1.165, 1.54) is 63.5 Å². The molecular formula is C12H25OSi. The molecular weight excluding hydrogens is 188 g/mol. The van der Waals surface area contributed by atoms with Crippen LogP contribution in [0.2, 0.25) is 12.1 Å². The number of hydrogen-bond donors (Lipinski definition) is 0. The molecule has 83 valence electrons. The molecule has 0 bridgehead atoms. The zero-order chi connectivity index (χ0) is 10.1. The lowest BCUT2D eigenvalue weighted by molar-refractivity contribution is 0.285. The number of hydrogen-bond acceptors (Lipinski definition) is 1. The van der Waals surface area contributed by atoms with Gasteiger partial charge in [0.15, 0.2) is 0 Å². The van der Waals surface area contributed by atoms with Crippen LogP contribution in [0.1, 0.15) is 58.3 Å². The Bertz CT molecular complexity index is 121. The quantitative estimate of drug-likeness (QED) is 0.456. The van der Waals surface area contributed by atoms with E-state index in [0.717, 1.165) is 6.61 Å². The van der Waals surface area contributed by atoms with Gasteiger partial charge in [-0.1, -0.05) is 51.9 Å². The summed E-state index contributed by atoms with van der Waals surface area (Å²) in [7, 11) is -0.341. The molecule has 1 aliphatic rings.